The summed E-state index contributed by atoms with van der Waals surface area (Å²) >= 11 is 0. The summed E-state index contributed by atoms with van der Waals surface area (Å²) in [5.74, 6) is -2.17. The number of nitrogens with zero attached hydrogens (tertiary/aromatic N) is 1. The molecule has 0 amide bonds. The van der Waals surface area contributed by atoms with Gasteiger partial charge in [0.1, 0.15) is 4.90 Å². The quantitative estimate of drug-likeness (QED) is 0.476. The first-order valence-corrected chi connectivity index (χ1v) is 6.84. The first-order valence-electron chi connectivity index (χ1n) is 4.53. The third-order valence-electron chi connectivity index (χ3n) is 1.94. The monoisotopic (exact) mass is 335 g/mol. The Balaban J connectivity index is 3.73. The molecule has 0 aliphatic rings. The summed E-state index contributed by atoms with van der Waals surface area (Å²) < 4.78 is 67.0. The molecule has 7 nitrogen and oxygen atoms in total. The number of nitro groups is 1. The summed E-state index contributed by atoms with van der Waals surface area (Å²) in [6.45, 7) is 0. The van der Waals surface area contributed by atoms with Crippen molar-refractivity contribution >= 4 is 25.4 Å². The molecule has 1 aromatic rings. The maximum absolute atomic E-state index is 12.3. The van der Waals surface area contributed by atoms with Gasteiger partial charge in [-0.2, -0.15) is 0 Å². The average molecular weight is 336 g/mol. The molecule has 0 unspecified atom stereocenters. The van der Waals surface area contributed by atoms with Crippen molar-refractivity contribution in [3.05, 3.63) is 22.2 Å². The van der Waals surface area contributed by atoms with Crippen LogP contribution >= 0.6 is 10.7 Å². The zero-order valence-electron chi connectivity index (χ0n) is 9.47. The Kier molecular flexibility index (Phi) is 4.34. The number of alkyl halides is 3. The minimum atomic E-state index is -5.35. The molecule has 20 heavy (non-hydrogen) atoms. The number of halogens is 4. The van der Waals surface area contributed by atoms with Crippen LogP contribution in [0.5, 0.6) is 11.5 Å². The topological polar surface area (TPSA) is 95.7 Å². The van der Waals surface area contributed by atoms with Crippen molar-refractivity contribution in [1.29, 1.82) is 0 Å². The Hall–Kier alpha value is -1.75. The zero-order valence-corrected chi connectivity index (χ0v) is 11.0. The maximum Gasteiger partial charge on any atom is 0.573 e. The number of benzene rings is 1. The Morgan fingerprint density at radius 1 is 1.35 bits per heavy atom. The fourth-order valence-corrected chi connectivity index (χ4v) is 2.23. The van der Waals surface area contributed by atoms with Crippen LogP contribution in [0.15, 0.2) is 17.0 Å². The number of hydrogen-bond acceptors (Lipinski definition) is 6. The van der Waals surface area contributed by atoms with E-state index in [4.69, 9.17) is 10.7 Å². The fraction of sp³-hybridized carbons (Fsp3) is 0.250. The lowest BCUT2D eigenvalue weighted by Crippen LogP contribution is -2.19. The van der Waals surface area contributed by atoms with Crippen molar-refractivity contribution in [3.8, 4) is 11.5 Å². The summed E-state index contributed by atoms with van der Waals surface area (Å²) in [5.41, 5.74) is -1.30. The summed E-state index contributed by atoms with van der Waals surface area (Å²) in [7, 11) is 1.18. The van der Waals surface area contributed by atoms with Gasteiger partial charge in [0.25, 0.3) is 9.05 Å². The minimum Gasteiger partial charge on any atom is -0.490 e. The highest BCUT2D eigenvalue weighted by Gasteiger charge is 2.40. The van der Waals surface area contributed by atoms with Crippen LogP contribution < -0.4 is 9.47 Å². The van der Waals surface area contributed by atoms with Gasteiger partial charge in [0, 0.05) is 10.7 Å². The van der Waals surface area contributed by atoms with Crippen molar-refractivity contribution in [2.45, 2.75) is 11.3 Å². The second kappa shape index (κ2) is 5.32. The molecule has 0 fully saturated rings. The highest BCUT2D eigenvalue weighted by atomic mass is 35.7. The molecule has 0 radical (unpaired) electrons. The van der Waals surface area contributed by atoms with Crippen molar-refractivity contribution < 1.29 is 36.0 Å². The van der Waals surface area contributed by atoms with Crippen LogP contribution in [0.1, 0.15) is 0 Å². The lowest BCUT2D eigenvalue weighted by Gasteiger charge is -2.13. The molecule has 0 bridgehead atoms. The van der Waals surface area contributed by atoms with Gasteiger partial charge < -0.3 is 9.47 Å². The molecule has 0 atom stereocenters. The van der Waals surface area contributed by atoms with Crippen molar-refractivity contribution in [1.82, 2.24) is 0 Å². The SMILES string of the molecule is COc1ccc(S(=O)(=O)Cl)c(OC(F)(F)F)c1[N+](=O)[O-]. The van der Waals surface area contributed by atoms with Crippen LogP contribution in [0.2, 0.25) is 0 Å². The van der Waals surface area contributed by atoms with Gasteiger partial charge in [-0.3, -0.25) is 10.1 Å². The molecule has 0 spiro atoms. The second-order valence-corrected chi connectivity index (χ2v) is 5.72. The van der Waals surface area contributed by atoms with E-state index in [0.717, 1.165) is 13.2 Å². The van der Waals surface area contributed by atoms with E-state index in [0.29, 0.717) is 6.07 Å². The van der Waals surface area contributed by atoms with E-state index in [-0.39, 0.29) is 0 Å². The number of hydrogen-bond donors (Lipinski definition) is 0. The molecule has 0 saturated heterocycles. The van der Waals surface area contributed by atoms with E-state index >= 15 is 0 Å². The molecule has 0 saturated carbocycles. The fourth-order valence-electron chi connectivity index (χ4n) is 1.28. The Morgan fingerprint density at radius 3 is 2.25 bits per heavy atom. The number of ether oxygens (including phenoxy) is 2. The number of nitro benzene ring substituents is 1. The first-order chi connectivity index (χ1) is 8.97. The number of methoxy groups -OCH3 is 1. The van der Waals surface area contributed by atoms with Gasteiger partial charge in [0.05, 0.1) is 12.0 Å². The molecule has 12 heteroatoms. The number of rotatable bonds is 4. The van der Waals surface area contributed by atoms with Gasteiger partial charge in [-0.05, 0) is 12.1 Å². The smallest absolute Gasteiger partial charge is 0.490 e. The van der Waals surface area contributed by atoms with Gasteiger partial charge in [0.2, 0.25) is 11.5 Å². The molecule has 112 valence electrons. The van der Waals surface area contributed by atoms with Gasteiger partial charge >= 0.3 is 12.0 Å². The van der Waals surface area contributed by atoms with Crippen LogP contribution in [-0.4, -0.2) is 26.8 Å². The standard InChI is InChI=1S/C8H5ClF3NO6S/c1-18-4-2-3-5(20(9,16)17)7(6(4)13(14)15)19-8(10,11)12/h2-3H,1H3. The van der Waals surface area contributed by atoms with E-state index in [1.165, 1.54) is 0 Å². The third kappa shape index (κ3) is 3.63. The Labute approximate surface area is 114 Å². The van der Waals surface area contributed by atoms with Crippen molar-refractivity contribution in [2.75, 3.05) is 7.11 Å². The highest BCUT2D eigenvalue weighted by Crippen LogP contribution is 2.44. The van der Waals surface area contributed by atoms with E-state index in [1.807, 2.05) is 0 Å². The van der Waals surface area contributed by atoms with Crippen LogP contribution in [-0.2, 0) is 9.05 Å². The third-order valence-corrected chi connectivity index (χ3v) is 3.29. The maximum atomic E-state index is 12.3. The molecule has 0 heterocycles. The molecule has 0 aliphatic heterocycles. The second-order valence-electron chi connectivity index (χ2n) is 3.19. The molecule has 0 aromatic heterocycles. The summed E-state index contributed by atoms with van der Waals surface area (Å²) in [4.78, 5) is 8.34. The lowest BCUT2D eigenvalue weighted by molar-refractivity contribution is -0.389. The van der Waals surface area contributed by atoms with E-state index in [2.05, 4.69) is 9.47 Å². The van der Waals surface area contributed by atoms with E-state index < -0.39 is 42.4 Å². The molecule has 0 N–H and O–H groups in total. The van der Waals surface area contributed by atoms with Gasteiger partial charge in [-0.25, -0.2) is 8.42 Å². The van der Waals surface area contributed by atoms with Crippen LogP contribution in [0.4, 0.5) is 18.9 Å². The molecular weight excluding hydrogens is 331 g/mol. The summed E-state index contributed by atoms with van der Waals surface area (Å²) in [6, 6.07) is 1.39. The van der Waals surface area contributed by atoms with Crippen molar-refractivity contribution in [3.63, 3.8) is 0 Å². The van der Waals surface area contributed by atoms with Crippen LogP contribution in [0.3, 0.4) is 0 Å². The predicted molar refractivity (Wildman–Crippen MR) is 59.4 cm³/mol. The predicted octanol–water partition coefficient (Wildman–Crippen LogP) is 2.43. The minimum absolute atomic E-state index is 0.606. The summed E-state index contributed by atoms with van der Waals surface area (Å²) in [6.07, 6.45) is -5.35. The normalized spacial score (nSPS) is 12.1. The molecular formula is C8H5ClF3NO6S. The molecule has 0 aliphatic carbocycles. The van der Waals surface area contributed by atoms with Crippen LogP contribution in [0, 0.1) is 10.1 Å². The van der Waals surface area contributed by atoms with E-state index in [1.54, 1.807) is 0 Å². The molecule has 1 rings (SSSR count). The highest BCUT2D eigenvalue weighted by molar-refractivity contribution is 8.13. The Bertz CT molecular complexity index is 644. The lowest BCUT2D eigenvalue weighted by atomic mass is 10.2. The van der Waals surface area contributed by atoms with Crippen molar-refractivity contribution in [2.24, 2.45) is 0 Å². The summed E-state index contributed by atoms with van der Waals surface area (Å²) in [5, 5.41) is 10.8. The largest absolute Gasteiger partial charge is 0.573 e. The first kappa shape index (κ1) is 16.3. The van der Waals surface area contributed by atoms with Gasteiger partial charge in [-0.15, -0.1) is 13.2 Å². The Morgan fingerprint density at radius 2 is 1.90 bits per heavy atom. The van der Waals surface area contributed by atoms with Gasteiger partial charge in [-0.1, -0.05) is 0 Å². The molecule has 1 aromatic carbocycles. The van der Waals surface area contributed by atoms with Gasteiger partial charge in [0.15, 0.2) is 0 Å². The average Bonchev–Trinajstić information content (AvgIpc) is 2.23. The zero-order chi connectivity index (χ0) is 15.7. The van der Waals surface area contributed by atoms with Crippen LogP contribution in [0.25, 0.3) is 0 Å². The van der Waals surface area contributed by atoms with E-state index in [9.17, 15) is 31.7 Å².